The van der Waals surface area contributed by atoms with Crippen molar-refractivity contribution in [2.24, 2.45) is 0 Å². The fourth-order valence-electron chi connectivity index (χ4n) is 4.22. The molecule has 0 saturated heterocycles. The smallest absolute Gasteiger partial charge is 0.264 e. The number of nitrogens with zero attached hydrogens (tertiary/aromatic N) is 4. The lowest BCUT2D eigenvalue weighted by atomic mass is 10.2. The van der Waals surface area contributed by atoms with E-state index in [9.17, 15) is 13.2 Å². The first-order chi connectivity index (χ1) is 18.8. The molecule has 1 amide bonds. The molecule has 10 heteroatoms. The van der Waals surface area contributed by atoms with E-state index < -0.39 is 10.0 Å². The standard InChI is InChI=1S/C29H34N4O4S2/c1-5-32(6-2)20-21-33(29-30-27-25(37-7-3)14-11-15-26(27)38-29)28(34)22-16-18-24(19-17-22)39(35,36)31(4)23-12-9-8-10-13-23/h8-19H,5-7,20-21H2,1-4H3. The molecule has 3 aromatic carbocycles. The predicted octanol–water partition coefficient (Wildman–Crippen LogP) is 5.51. The Labute approximate surface area is 234 Å². The number of ether oxygens (including phenoxy) is 1. The van der Waals surface area contributed by atoms with Crippen LogP contribution in [-0.4, -0.2) is 64.0 Å². The number of anilines is 2. The van der Waals surface area contributed by atoms with Gasteiger partial charge in [0, 0.05) is 25.7 Å². The fourth-order valence-corrected chi connectivity index (χ4v) is 6.43. The minimum absolute atomic E-state index is 0.112. The average Bonchev–Trinajstić information content (AvgIpc) is 3.40. The fraction of sp³-hybridized carbons (Fsp3) is 0.310. The second-order valence-electron chi connectivity index (χ2n) is 8.85. The first-order valence-electron chi connectivity index (χ1n) is 13.0. The van der Waals surface area contributed by atoms with Gasteiger partial charge in [-0.1, -0.05) is 49.4 Å². The Kier molecular flexibility index (Phi) is 9.21. The minimum Gasteiger partial charge on any atom is -0.492 e. The van der Waals surface area contributed by atoms with Gasteiger partial charge in [-0.05, 0) is 68.5 Å². The third-order valence-electron chi connectivity index (χ3n) is 6.56. The summed E-state index contributed by atoms with van der Waals surface area (Å²) in [5.74, 6) is 0.449. The number of likely N-dealkylation sites (N-methyl/N-ethyl adjacent to an activating group) is 1. The molecule has 8 nitrogen and oxygen atoms in total. The topological polar surface area (TPSA) is 83.0 Å². The number of thiazole rings is 1. The molecule has 39 heavy (non-hydrogen) atoms. The van der Waals surface area contributed by atoms with Crippen molar-refractivity contribution in [2.75, 3.05) is 49.0 Å². The maximum Gasteiger partial charge on any atom is 0.264 e. The number of fused-ring (bicyclic) bond motifs is 1. The molecule has 0 unspecified atom stereocenters. The highest BCUT2D eigenvalue weighted by Crippen LogP contribution is 2.35. The van der Waals surface area contributed by atoms with Gasteiger partial charge < -0.3 is 9.64 Å². The zero-order valence-corrected chi connectivity index (χ0v) is 24.3. The summed E-state index contributed by atoms with van der Waals surface area (Å²) < 4.78 is 34.3. The highest BCUT2D eigenvalue weighted by molar-refractivity contribution is 7.92. The lowest BCUT2D eigenvalue weighted by Crippen LogP contribution is -2.38. The van der Waals surface area contributed by atoms with Crippen molar-refractivity contribution in [1.29, 1.82) is 0 Å². The van der Waals surface area contributed by atoms with Crippen molar-refractivity contribution in [1.82, 2.24) is 9.88 Å². The van der Waals surface area contributed by atoms with Gasteiger partial charge >= 0.3 is 0 Å². The molecule has 0 aliphatic rings. The summed E-state index contributed by atoms with van der Waals surface area (Å²) in [7, 11) is -2.27. The SMILES string of the molecule is CCOc1cccc2sc(N(CCN(CC)CC)C(=O)c3ccc(S(=O)(=O)N(C)c4ccccc4)cc3)nc12. The summed E-state index contributed by atoms with van der Waals surface area (Å²) in [5, 5.41) is 0.579. The molecule has 0 atom stereocenters. The molecule has 206 valence electrons. The number of aromatic nitrogens is 1. The first kappa shape index (κ1) is 28.5. The normalized spacial score (nSPS) is 11.6. The zero-order valence-electron chi connectivity index (χ0n) is 22.7. The van der Waals surface area contributed by atoms with Gasteiger partial charge in [-0.25, -0.2) is 13.4 Å². The minimum atomic E-state index is -3.79. The van der Waals surface area contributed by atoms with Gasteiger partial charge in [0.15, 0.2) is 5.13 Å². The second kappa shape index (κ2) is 12.6. The van der Waals surface area contributed by atoms with E-state index in [0.717, 1.165) is 23.3 Å². The van der Waals surface area contributed by atoms with E-state index in [0.29, 0.717) is 41.8 Å². The summed E-state index contributed by atoms with van der Waals surface area (Å²) in [6.45, 7) is 9.49. The van der Waals surface area contributed by atoms with Crippen LogP contribution in [-0.2, 0) is 10.0 Å². The summed E-state index contributed by atoms with van der Waals surface area (Å²) in [4.78, 5) is 22.7. The Hall–Kier alpha value is -3.47. The molecule has 4 aromatic rings. The molecular formula is C29H34N4O4S2. The van der Waals surface area contributed by atoms with Crippen LogP contribution in [0.1, 0.15) is 31.1 Å². The molecule has 0 saturated carbocycles. The summed E-state index contributed by atoms with van der Waals surface area (Å²) in [6, 6.07) is 20.7. The Morgan fingerprint density at radius 1 is 0.897 bits per heavy atom. The molecule has 1 heterocycles. The van der Waals surface area contributed by atoms with Crippen LogP contribution in [0, 0.1) is 0 Å². The third kappa shape index (κ3) is 6.24. The van der Waals surface area contributed by atoms with Gasteiger partial charge in [0.1, 0.15) is 11.3 Å². The number of amides is 1. The van der Waals surface area contributed by atoms with Crippen LogP contribution in [0.15, 0.2) is 77.7 Å². The highest BCUT2D eigenvalue weighted by Gasteiger charge is 2.25. The quantitative estimate of drug-likeness (QED) is 0.225. The second-order valence-corrected chi connectivity index (χ2v) is 11.8. The van der Waals surface area contributed by atoms with E-state index in [4.69, 9.17) is 9.72 Å². The monoisotopic (exact) mass is 566 g/mol. The number of carbonyl (C=O) groups is 1. The number of rotatable bonds is 12. The van der Waals surface area contributed by atoms with Crippen molar-refractivity contribution in [3.63, 3.8) is 0 Å². The number of para-hydroxylation sites is 2. The number of benzene rings is 3. The molecule has 0 N–H and O–H groups in total. The number of sulfonamides is 1. The van der Waals surface area contributed by atoms with E-state index >= 15 is 0 Å². The maximum absolute atomic E-state index is 13.8. The van der Waals surface area contributed by atoms with Gasteiger partial charge in [-0.15, -0.1) is 0 Å². The zero-order chi connectivity index (χ0) is 28.0. The van der Waals surface area contributed by atoms with Crippen molar-refractivity contribution in [3.8, 4) is 5.75 Å². The molecule has 0 aliphatic heterocycles. The van der Waals surface area contributed by atoms with Crippen LogP contribution in [0.3, 0.4) is 0 Å². The van der Waals surface area contributed by atoms with Crippen molar-refractivity contribution in [2.45, 2.75) is 25.7 Å². The van der Waals surface area contributed by atoms with Crippen molar-refractivity contribution >= 4 is 48.3 Å². The molecule has 0 spiro atoms. The first-order valence-corrected chi connectivity index (χ1v) is 15.3. The molecule has 0 aliphatic carbocycles. The van der Waals surface area contributed by atoms with Gasteiger partial charge in [0.25, 0.3) is 15.9 Å². The number of hydrogen-bond acceptors (Lipinski definition) is 7. The molecule has 0 bridgehead atoms. The third-order valence-corrected chi connectivity index (χ3v) is 9.40. The molecule has 0 radical (unpaired) electrons. The van der Waals surface area contributed by atoms with Crippen LogP contribution >= 0.6 is 11.3 Å². The highest BCUT2D eigenvalue weighted by atomic mass is 32.2. The Bertz CT molecular complexity index is 1500. The largest absolute Gasteiger partial charge is 0.492 e. The molecular weight excluding hydrogens is 532 g/mol. The van der Waals surface area contributed by atoms with E-state index in [1.807, 2.05) is 31.2 Å². The van der Waals surface area contributed by atoms with E-state index in [1.54, 1.807) is 41.3 Å². The predicted molar refractivity (Wildman–Crippen MR) is 159 cm³/mol. The average molecular weight is 567 g/mol. The van der Waals surface area contributed by atoms with Gasteiger partial charge in [0.2, 0.25) is 0 Å². The Morgan fingerprint density at radius 3 is 2.23 bits per heavy atom. The summed E-state index contributed by atoms with van der Waals surface area (Å²) in [6.07, 6.45) is 0. The lowest BCUT2D eigenvalue weighted by Gasteiger charge is -2.25. The van der Waals surface area contributed by atoms with Crippen LogP contribution in [0.4, 0.5) is 10.8 Å². The lowest BCUT2D eigenvalue weighted by molar-refractivity contribution is 0.0983. The van der Waals surface area contributed by atoms with Gasteiger partial charge in [-0.3, -0.25) is 14.0 Å². The van der Waals surface area contributed by atoms with Crippen LogP contribution in [0.2, 0.25) is 0 Å². The Balaban J connectivity index is 1.65. The number of hydrogen-bond donors (Lipinski definition) is 0. The van der Waals surface area contributed by atoms with Crippen molar-refractivity contribution in [3.05, 3.63) is 78.4 Å². The van der Waals surface area contributed by atoms with E-state index in [1.165, 1.54) is 34.8 Å². The molecule has 1 aromatic heterocycles. The summed E-state index contributed by atoms with van der Waals surface area (Å²) in [5.41, 5.74) is 1.67. The van der Waals surface area contributed by atoms with Crippen molar-refractivity contribution < 1.29 is 17.9 Å². The van der Waals surface area contributed by atoms with Crippen LogP contribution in [0.5, 0.6) is 5.75 Å². The van der Waals surface area contributed by atoms with E-state index in [2.05, 4.69) is 18.7 Å². The maximum atomic E-state index is 13.8. The van der Waals surface area contributed by atoms with Gasteiger partial charge in [0.05, 0.1) is 21.9 Å². The van der Waals surface area contributed by atoms with Crippen LogP contribution in [0.25, 0.3) is 10.2 Å². The molecule has 4 rings (SSSR count). The van der Waals surface area contributed by atoms with E-state index in [-0.39, 0.29) is 10.8 Å². The molecule has 0 fully saturated rings. The summed E-state index contributed by atoms with van der Waals surface area (Å²) >= 11 is 1.44. The Morgan fingerprint density at radius 2 is 1.59 bits per heavy atom. The number of carbonyl (C=O) groups excluding carboxylic acids is 1. The van der Waals surface area contributed by atoms with Crippen LogP contribution < -0.4 is 13.9 Å². The van der Waals surface area contributed by atoms with Gasteiger partial charge in [-0.2, -0.15) is 0 Å².